The van der Waals surface area contributed by atoms with Crippen molar-refractivity contribution in [2.45, 2.75) is 13.8 Å². The molecule has 0 aliphatic heterocycles. The predicted octanol–water partition coefficient (Wildman–Crippen LogP) is 0.840. The first-order valence-corrected chi connectivity index (χ1v) is 8.14. The minimum absolute atomic E-state index is 0.156. The summed E-state index contributed by atoms with van der Waals surface area (Å²) in [5.74, 6) is -0.687. The molecule has 1 aromatic carbocycles. The third kappa shape index (κ3) is 2.64. The van der Waals surface area contributed by atoms with E-state index in [0.717, 1.165) is 8.28 Å². The first-order valence-electron chi connectivity index (χ1n) is 6.74. The molecular formula is C13H18N4O4S. The van der Waals surface area contributed by atoms with Gasteiger partial charge in [0.15, 0.2) is 0 Å². The van der Waals surface area contributed by atoms with Crippen LogP contribution in [0.15, 0.2) is 18.2 Å². The number of anilines is 1. The standard InChI is InChI=1S/C13H18N4O4S/c1-4-16(3)22(19,20)17-11-8-9(12(18)21-5-2)6-7-10(11)15-13(17)14/h6-8H,4-5H2,1-3H3,(H2,14,15). The van der Waals surface area contributed by atoms with Crippen molar-refractivity contribution in [2.24, 2.45) is 0 Å². The molecule has 0 amide bonds. The SMILES string of the molecule is CCOC(=O)c1ccc2nc(N)n(S(=O)(=O)N(C)CC)c2c1. The summed E-state index contributed by atoms with van der Waals surface area (Å²) in [6.07, 6.45) is 0. The lowest BCUT2D eigenvalue weighted by molar-refractivity contribution is 0.0526. The Morgan fingerprint density at radius 2 is 2.09 bits per heavy atom. The van der Waals surface area contributed by atoms with E-state index in [4.69, 9.17) is 10.5 Å². The Balaban J connectivity index is 2.67. The number of nitrogens with zero attached hydrogens (tertiary/aromatic N) is 3. The maximum Gasteiger partial charge on any atom is 0.338 e. The van der Waals surface area contributed by atoms with E-state index >= 15 is 0 Å². The van der Waals surface area contributed by atoms with E-state index in [1.54, 1.807) is 13.8 Å². The monoisotopic (exact) mass is 326 g/mol. The number of rotatable bonds is 5. The number of imidazole rings is 1. The molecular weight excluding hydrogens is 308 g/mol. The number of nitrogens with two attached hydrogens (primary N) is 1. The quantitative estimate of drug-likeness (QED) is 0.816. The molecule has 120 valence electrons. The Morgan fingerprint density at radius 3 is 2.68 bits per heavy atom. The minimum Gasteiger partial charge on any atom is -0.462 e. The molecule has 0 atom stereocenters. The Bertz CT molecular complexity index is 813. The van der Waals surface area contributed by atoms with Crippen molar-refractivity contribution in [2.75, 3.05) is 25.9 Å². The van der Waals surface area contributed by atoms with Crippen LogP contribution in [0.25, 0.3) is 11.0 Å². The third-order valence-electron chi connectivity index (χ3n) is 3.22. The van der Waals surface area contributed by atoms with Crippen molar-refractivity contribution in [3.63, 3.8) is 0 Å². The fourth-order valence-corrected chi connectivity index (χ4v) is 3.24. The maximum absolute atomic E-state index is 12.5. The van der Waals surface area contributed by atoms with Crippen LogP contribution in [-0.4, -0.2) is 47.8 Å². The fraction of sp³-hybridized carbons (Fsp3) is 0.385. The van der Waals surface area contributed by atoms with E-state index < -0.39 is 16.2 Å². The van der Waals surface area contributed by atoms with Crippen LogP contribution in [0.5, 0.6) is 0 Å². The average Bonchev–Trinajstić information content (AvgIpc) is 2.81. The van der Waals surface area contributed by atoms with Gasteiger partial charge in [0.25, 0.3) is 0 Å². The molecule has 8 nitrogen and oxygen atoms in total. The number of hydrogen-bond donors (Lipinski definition) is 1. The summed E-state index contributed by atoms with van der Waals surface area (Å²) in [7, 11) is -2.41. The molecule has 0 saturated carbocycles. The summed E-state index contributed by atoms with van der Waals surface area (Å²) in [5.41, 5.74) is 6.61. The highest BCUT2D eigenvalue weighted by atomic mass is 32.2. The van der Waals surface area contributed by atoms with E-state index in [1.165, 1.54) is 25.2 Å². The van der Waals surface area contributed by atoms with Crippen molar-refractivity contribution >= 4 is 33.2 Å². The lowest BCUT2D eigenvalue weighted by Gasteiger charge is -2.16. The normalized spacial score (nSPS) is 12.0. The smallest absolute Gasteiger partial charge is 0.338 e. The van der Waals surface area contributed by atoms with E-state index in [1.807, 2.05) is 0 Å². The fourth-order valence-electron chi connectivity index (χ4n) is 1.96. The molecule has 2 rings (SSSR count). The van der Waals surface area contributed by atoms with Gasteiger partial charge < -0.3 is 10.5 Å². The Kier molecular flexibility index (Phi) is 4.38. The molecule has 22 heavy (non-hydrogen) atoms. The number of aromatic nitrogens is 2. The van der Waals surface area contributed by atoms with Crippen LogP contribution < -0.4 is 5.73 Å². The van der Waals surface area contributed by atoms with E-state index in [0.29, 0.717) is 5.52 Å². The summed E-state index contributed by atoms with van der Waals surface area (Å²) in [5, 5.41) is 0. The number of benzene rings is 1. The van der Waals surface area contributed by atoms with Gasteiger partial charge in [-0.1, -0.05) is 6.92 Å². The predicted molar refractivity (Wildman–Crippen MR) is 82.7 cm³/mol. The molecule has 0 spiro atoms. The van der Waals surface area contributed by atoms with Gasteiger partial charge in [-0.05, 0) is 25.1 Å². The van der Waals surface area contributed by atoms with Crippen molar-refractivity contribution in [1.29, 1.82) is 0 Å². The number of carbonyl (C=O) groups is 1. The van der Waals surface area contributed by atoms with Crippen molar-refractivity contribution in [3.05, 3.63) is 23.8 Å². The first-order chi connectivity index (χ1) is 10.3. The van der Waals surface area contributed by atoms with Crippen LogP contribution in [-0.2, 0) is 14.9 Å². The van der Waals surface area contributed by atoms with Gasteiger partial charge in [-0.2, -0.15) is 16.7 Å². The molecule has 0 radical (unpaired) electrons. The second-order valence-corrected chi connectivity index (χ2v) is 6.46. The second-order valence-electron chi connectivity index (χ2n) is 4.58. The topological polar surface area (TPSA) is 108 Å². The van der Waals surface area contributed by atoms with Gasteiger partial charge in [0, 0.05) is 13.6 Å². The van der Waals surface area contributed by atoms with Crippen molar-refractivity contribution in [1.82, 2.24) is 13.3 Å². The third-order valence-corrected chi connectivity index (χ3v) is 5.11. The van der Waals surface area contributed by atoms with E-state index in [9.17, 15) is 13.2 Å². The molecule has 0 bridgehead atoms. The molecule has 0 fully saturated rings. The van der Waals surface area contributed by atoms with Crippen LogP contribution in [0.2, 0.25) is 0 Å². The number of fused-ring (bicyclic) bond motifs is 1. The van der Waals surface area contributed by atoms with Gasteiger partial charge in [-0.25, -0.2) is 9.78 Å². The van der Waals surface area contributed by atoms with Gasteiger partial charge >= 0.3 is 16.2 Å². The molecule has 1 heterocycles. The van der Waals surface area contributed by atoms with Gasteiger partial charge in [0.2, 0.25) is 5.95 Å². The zero-order valence-corrected chi connectivity index (χ0v) is 13.4. The van der Waals surface area contributed by atoms with E-state index in [-0.39, 0.29) is 30.2 Å². The zero-order valence-electron chi connectivity index (χ0n) is 12.6. The summed E-state index contributed by atoms with van der Waals surface area (Å²) in [4.78, 5) is 15.8. The molecule has 2 aromatic rings. The lowest BCUT2D eigenvalue weighted by atomic mass is 10.2. The molecule has 0 aliphatic rings. The number of nitrogen functional groups attached to an aromatic ring is 1. The van der Waals surface area contributed by atoms with Gasteiger partial charge in [0.1, 0.15) is 0 Å². The van der Waals surface area contributed by atoms with Crippen LogP contribution >= 0.6 is 0 Å². The summed E-state index contributed by atoms with van der Waals surface area (Å²) < 4.78 is 32.0. The largest absolute Gasteiger partial charge is 0.462 e. The minimum atomic E-state index is -3.85. The maximum atomic E-state index is 12.5. The van der Waals surface area contributed by atoms with Crippen LogP contribution in [0.3, 0.4) is 0 Å². The lowest BCUT2D eigenvalue weighted by Crippen LogP contribution is -2.32. The molecule has 1 aromatic heterocycles. The average molecular weight is 326 g/mol. The molecule has 2 N–H and O–H groups in total. The molecule has 0 aliphatic carbocycles. The highest BCUT2D eigenvalue weighted by Gasteiger charge is 2.25. The number of carbonyl (C=O) groups excluding carboxylic acids is 1. The van der Waals surface area contributed by atoms with Crippen LogP contribution in [0.4, 0.5) is 5.95 Å². The van der Waals surface area contributed by atoms with Gasteiger partial charge in [-0.15, -0.1) is 0 Å². The van der Waals surface area contributed by atoms with Crippen LogP contribution in [0, 0.1) is 0 Å². The van der Waals surface area contributed by atoms with E-state index in [2.05, 4.69) is 4.98 Å². The Hall–Kier alpha value is -2.13. The molecule has 9 heteroatoms. The Morgan fingerprint density at radius 1 is 1.41 bits per heavy atom. The number of ether oxygens (including phenoxy) is 1. The van der Waals surface area contributed by atoms with Crippen molar-refractivity contribution in [3.8, 4) is 0 Å². The van der Waals surface area contributed by atoms with Gasteiger partial charge in [-0.3, -0.25) is 0 Å². The Labute approximate surface area is 128 Å². The summed E-state index contributed by atoms with van der Waals surface area (Å²) >= 11 is 0. The molecule has 0 saturated heterocycles. The van der Waals surface area contributed by atoms with Crippen LogP contribution in [0.1, 0.15) is 24.2 Å². The number of esters is 1. The second kappa shape index (κ2) is 5.93. The van der Waals surface area contributed by atoms with Crippen molar-refractivity contribution < 1.29 is 17.9 Å². The highest BCUT2D eigenvalue weighted by molar-refractivity contribution is 7.87. The highest BCUT2D eigenvalue weighted by Crippen LogP contribution is 2.23. The van der Waals surface area contributed by atoms with Gasteiger partial charge in [0.05, 0.1) is 23.2 Å². The number of hydrogen-bond acceptors (Lipinski definition) is 6. The summed E-state index contributed by atoms with van der Waals surface area (Å²) in [6.45, 7) is 3.91. The first kappa shape index (κ1) is 16.2. The molecule has 0 unspecified atom stereocenters. The summed E-state index contributed by atoms with van der Waals surface area (Å²) in [6, 6.07) is 4.47. The zero-order chi connectivity index (χ0) is 16.5.